The van der Waals surface area contributed by atoms with Gasteiger partial charge >= 0.3 is 0 Å². The second-order valence-corrected chi connectivity index (χ2v) is 6.96. The zero-order valence-electron chi connectivity index (χ0n) is 12.2. The van der Waals surface area contributed by atoms with Gasteiger partial charge in [0, 0.05) is 6.20 Å². The summed E-state index contributed by atoms with van der Waals surface area (Å²) in [5.41, 5.74) is 0. The van der Waals surface area contributed by atoms with E-state index < -0.39 is 10.0 Å². The lowest BCUT2D eigenvalue weighted by Gasteiger charge is -2.09. The number of ether oxygens (including phenoxy) is 1. The number of sulfonamides is 1. The highest BCUT2D eigenvalue weighted by molar-refractivity contribution is 7.92. The molecule has 2 aromatic carbocycles. The SMILES string of the molecule is COc1ccc2cc(S(=O)(=O)Nc3ccc(Cl)cn3)ccc2c1. The summed E-state index contributed by atoms with van der Waals surface area (Å²) in [5, 5.41) is 2.14. The van der Waals surface area contributed by atoms with Crippen molar-refractivity contribution in [1.29, 1.82) is 0 Å². The molecule has 1 heterocycles. The number of nitrogens with zero attached hydrogens (tertiary/aromatic N) is 1. The Hall–Kier alpha value is -2.31. The molecule has 0 aliphatic rings. The number of rotatable bonds is 4. The van der Waals surface area contributed by atoms with Crippen molar-refractivity contribution >= 4 is 38.2 Å². The van der Waals surface area contributed by atoms with E-state index in [1.165, 1.54) is 12.3 Å². The van der Waals surface area contributed by atoms with Crippen LogP contribution in [0.3, 0.4) is 0 Å². The molecule has 118 valence electrons. The molecule has 7 heteroatoms. The highest BCUT2D eigenvalue weighted by atomic mass is 35.5. The van der Waals surface area contributed by atoms with Gasteiger partial charge in [0.25, 0.3) is 10.0 Å². The Bertz CT molecular complexity index is 957. The summed E-state index contributed by atoms with van der Waals surface area (Å²) in [5.74, 6) is 0.931. The van der Waals surface area contributed by atoms with Crippen molar-refractivity contribution in [2.45, 2.75) is 4.90 Å². The highest BCUT2D eigenvalue weighted by Crippen LogP contribution is 2.24. The molecule has 3 aromatic rings. The average molecular weight is 349 g/mol. The summed E-state index contributed by atoms with van der Waals surface area (Å²) in [4.78, 5) is 4.09. The maximum Gasteiger partial charge on any atom is 0.263 e. The molecule has 0 atom stereocenters. The van der Waals surface area contributed by atoms with Crippen molar-refractivity contribution in [1.82, 2.24) is 4.98 Å². The van der Waals surface area contributed by atoms with Gasteiger partial charge in [0.05, 0.1) is 17.0 Å². The summed E-state index contributed by atoms with van der Waals surface area (Å²) in [6.45, 7) is 0. The maximum absolute atomic E-state index is 12.4. The van der Waals surface area contributed by atoms with E-state index in [2.05, 4.69) is 9.71 Å². The van der Waals surface area contributed by atoms with E-state index in [0.29, 0.717) is 5.02 Å². The first-order chi connectivity index (χ1) is 11.0. The third-order valence-electron chi connectivity index (χ3n) is 3.30. The number of anilines is 1. The first kappa shape index (κ1) is 15.6. The van der Waals surface area contributed by atoms with Crippen LogP contribution in [-0.4, -0.2) is 20.5 Å². The van der Waals surface area contributed by atoms with Crippen molar-refractivity contribution in [2.75, 3.05) is 11.8 Å². The Balaban J connectivity index is 1.96. The summed E-state index contributed by atoms with van der Waals surface area (Å²) < 4.78 is 32.5. The summed E-state index contributed by atoms with van der Waals surface area (Å²) in [6.07, 6.45) is 1.38. The minimum absolute atomic E-state index is 0.159. The van der Waals surface area contributed by atoms with Gasteiger partial charge in [-0.2, -0.15) is 0 Å². The number of methoxy groups -OCH3 is 1. The topological polar surface area (TPSA) is 68.3 Å². The second kappa shape index (κ2) is 6.06. The van der Waals surface area contributed by atoms with Gasteiger partial charge in [-0.25, -0.2) is 13.4 Å². The van der Waals surface area contributed by atoms with Gasteiger partial charge in [-0.15, -0.1) is 0 Å². The molecule has 0 unspecified atom stereocenters. The highest BCUT2D eigenvalue weighted by Gasteiger charge is 2.15. The molecule has 3 rings (SSSR count). The van der Waals surface area contributed by atoms with Crippen molar-refractivity contribution < 1.29 is 13.2 Å². The van der Waals surface area contributed by atoms with Gasteiger partial charge in [-0.1, -0.05) is 23.7 Å². The molecular weight excluding hydrogens is 336 g/mol. The monoisotopic (exact) mass is 348 g/mol. The van der Waals surface area contributed by atoms with E-state index in [9.17, 15) is 8.42 Å². The number of halogens is 1. The van der Waals surface area contributed by atoms with Gasteiger partial charge in [-0.3, -0.25) is 4.72 Å². The largest absolute Gasteiger partial charge is 0.497 e. The Kier molecular flexibility index (Phi) is 4.11. The molecule has 1 N–H and O–H groups in total. The van der Waals surface area contributed by atoms with Crippen molar-refractivity contribution in [3.05, 3.63) is 59.8 Å². The predicted molar refractivity (Wildman–Crippen MR) is 90.6 cm³/mol. The number of pyridine rings is 1. The number of fused-ring (bicyclic) bond motifs is 1. The number of hydrogen-bond donors (Lipinski definition) is 1. The zero-order valence-corrected chi connectivity index (χ0v) is 13.7. The van der Waals surface area contributed by atoms with E-state index in [1.54, 1.807) is 37.4 Å². The molecule has 0 aliphatic carbocycles. The van der Waals surface area contributed by atoms with Gasteiger partial charge in [0.2, 0.25) is 0 Å². The van der Waals surface area contributed by atoms with Crippen LogP contribution in [0.4, 0.5) is 5.82 Å². The minimum Gasteiger partial charge on any atom is -0.497 e. The van der Waals surface area contributed by atoms with Crippen LogP contribution < -0.4 is 9.46 Å². The van der Waals surface area contributed by atoms with E-state index >= 15 is 0 Å². The maximum atomic E-state index is 12.4. The normalized spacial score (nSPS) is 11.4. The summed E-state index contributed by atoms with van der Waals surface area (Å²) in [7, 11) is -2.13. The van der Waals surface area contributed by atoms with Crippen molar-refractivity contribution in [3.8, 4) is 5.75 Å². The molecule has 0 bridgehead atoms. The number of aromatic nitrogens is 1. The molecular formula is C16H13ClN2O3S. The van der Waals surface area contributed by atoms with E-state index in [-0.39, 0.29) is 10.7 Å². The molecule has 0 radical (unpaired) electrons. The number of benzene rings is 2. The lowest BCUT2D eigenvalue weighted by atomic mass is 10.1. The fraction of sp³-hybridized carbons (Fsp3) is 0.0625. The average Bonchev–Trinajstić information content (AvgIpc) is 2.55. The number of hydrogen-bond acceptors (Lipinski definition) is 4. The van der Waals surface area contributed by atoms with E-state index in [4.69, 9.17) is 16.3 Å². The molecule has 5 nitrogen and oxygen atoms in total. The summed E-state index contributed by atoms with van der Waals surface area (Å²) >= 11 is 5.74. The number of nitrogens with one attached hydrogen (secondary N) is 1. The van der Waals surface area contributed by atoms with Crippen molar-refractivity contribution in [3.63, 3.8) is 0 Å². The lowest BCUT2D eigenvalue weighted by Crippen LogP contribution is -2.13. The lowest BCUT2D eigenvalue weighted by molar-refractivity contribution is 0.415. The first-order valence-corrected chi connectivity index (χ1v) is 8.56. The van der Waals surface area contributed by atoms with E-state index in [0.717, 1.165) is 16.5 Å². The zero-order chi connectivity index (χ0) is 16.4. The smallest absolute Gasteiger partial charge is 0.263 e. The third-order valence-corrected chi connectivity index (χ3v) is 4.87. The second-order valence-electron chi connectivity index (χ2n) is 4.84. The van der Waals surface area contributed by atoms with Crippen LogP contribution in [0.5, 0.6) is 5.75 Å². The van der Waals surface area contributed by atoms with Crippen LogP contribution in [-0.2, 0) is 10.0 Å². The quantitative estimate of drug-likeness (QED) is 0.780. The predicted octanol–water partition coefficient (Wildman–Crippen LogP) is 3.70. The Morgan fingerprint density at radius 1 is 1.04 bits per heavy atom. The standard InChI is InChI=1S/C16H13ClN2O3S/c1-22-14-5-2-12-9-15(6-3-11(12)8-14)23(20,21)19-16-7-4-13(17)10-18-16/h2-10H,1H3,(H,18,19). The van der Waals surface area contributed by atoms with Crippen LogP contribution in [0.1, 0.15) is 0 Å². The van der Waals surface area contributed by atoms with Gasteiger partial charge < -0.3 is 4.74 Å². The molecule has 0 saturated heterocycles. The fourth-order valence-electron chi connectivity index (χ4n) is 2.13. The van der Waals surface area contributed by atoms with Gasteiger partial charge in [-0.05, 0) is 47.2 Å². The molecule has 0 saturated carbocycles. The van der Waals surface area contributed by atoms with Crippen LogP contribution in [0.2, 0.25) is 5.02 Å². The van der Waals surface area contributed by atoms with Crippen LogP contribution in [0, 0.1) is 0 Å². The van der Waals surface area contributed by atoms with Crippen LogP contribution in [0.15, 0.2) is 59.6 Å². The van der Waals surface area contributed by atoms with Gasteiger partial charge in [0.15, 0.2) is 0 Å². The van der Waals surface area contributed by atoms with Crippen molar-refractivity contribution in [2.24, 2.45) is 0 Å². The Labute approximate surface area is 138 Å². The Morgan fingerprint density at radius 2 is 1.78 bits per heavy atom. The molecule has 0 fully saturated rings. The molecule has 0 spiro atoms. The molecule has 0 amide bonds. The van der Waals surface area contributed by atoms with Gasteiger partial charge in [0.1, 0.15) is 11.6 Å². The molecule has 1 aromatic heterocycles. The summed E-state index contributed by atoms with van der Waals surface area (Å²) in [6, 6.07) is 13.4. The minimum atomic E-state index is -3.72. The van der Waals surface area contributed by atoms with Crippen LogP contribution in [0.25, 0.3) is 10.8 Å². The first-order valence-electron chi connectivity index (χ1n) is 6.70. The third kappa shape index (κ3) is 3.38. The molecule has 23 heavy (non-hydrogen) atoms. The molecule has 0 aliphatic heterocycles. The Morgan fingerprint density at radius 3 is 2.48 bits per heavy atom. The fourth-order valence-corrected chi connectivity index (χ4v) is 3.28. The van der Waals surface area contributed by atoms with Crippen LogP contribution >= 0.6 is 11.6 Å². The van der Waals surface area contributed by atoms with E-state index in [1.807, 2.05) is 12.1 Å².